The Labute approximate surface area is 229 Å². The van der Waals surface area contributed by atoms with Gasteiger partial charge in [-0.3, -0.25) is 5.41 Å². The Kier molecular flexibility index (Phi) is 7.59. The van der Waals surface area contributed by atoms with Crippen molar-refractivity contribution in [3.63, 3.8) is 0 Å². The molecule has 212 valence electrons. The highest BCUT2D eigenvalue weighted by atomic mass is 19.4. The summed E-state index contributed by atoms with van der Waals surface area (Å²) in [7, 11) is 1.62. The molecule has 2 aromatic heterocycles. The largest absolute Gasteiger partial charge is 0.493 e. The van der Waals surface area contributed by atoms with Crippen molar-refractivity contribution in [2.24, 2.45) is 0 Å². The maximum absolute atomic E-state index is 12.9. The molecule has 1 aliphatic rings. The molecule has 0 unspecified atom stereocenters. The van der Waals surface area contributed by atoms with Crippen molar-refractivity contribution in [3.8, 4) is 11.5 Å². The van der Waals surface area contributed by atoms with E-state index < -0.39 is 17.3 Å². The van der Waals surface area contributed by atoms with E-state index in [2.05, 4.69) is 9.97 Å². The van der Waals surface area contributed by atoms with Crippen LogP contribution in [0.4, 0.5) is 13.2 Å². The van der Waals surface area contributed by atoms with Gasteiger partial charge in [-0.1, -0.05) is 18.2 Å². The summed E-state index contributed by atoms with van der Waals surface area (Å²) in [4.78, 5) is 12.2. The fraction of sp³-hybridized carbons (Fsp3) is 0.414. The monoisotopic (exact) mass is 555 g/mol. The van der Waals surface area contributed by atoms with Crippen LogP contribution in [0.25, 0.3) is 11.2 Å². The number of benzene rings is 2. The third-order valence-corrected chi connectivity index (χ3v) is 7.15. The molecule has 2 heterocycles. The van der Waals surface area contributed by atoms with Crippen molar-refractivity contribution in [3.05, 3.63) is 76.8 Å². The van der Waals surface area contributed by atoms with Gasteiger partial charge in [-0.2, -0.15) is 13.2 Å². The Bertz CT molecular complexity index is 1540. The maximum atomic E-state index is 12.9. The molecule has 11 heteroatoms. The SMILES string of the molecule is COc1ccc(Cn2cnc(=N)c3[nH]c(C(C)(C)OCc4ccc(C(F)(F)F)cc4)nc32)cc1OC1CCCC1. The molecule has 2 aromatic carbocycles. The fourth-order valence-electron chi connectivity index (χ4n) is 4.80. The first-order valence-corrected chi connectivity index (χ1v) is 13.2. The van der Waals surface area contributed by atoms with Gasteiger partial charge in [-0.25, -0.2) is 9.97 Å². The maximum Gasteiger partial charge on any atom is 0.416 e. The number of hydrogen-bond donors (Lipinski definition) is 2. The number of ether oxygens (including phenoxy) is 3. The van der Waals surface area contributed by atoms with Crippen molar-refractivity contribution in [1.82, 2.24) is 19.5 Å². The van der Waals surface area contributed by atoms with E-state index in [-0.39, 0.29) is 18.2 Å². The number of rotatable bonds is 9. The van der Waals surface area contributed by atoms with Gasteiger partial charge in [0.2, 0.25) is 0 Å². The van der Waals surface area contributed by atoms with Crippen LogP contribution in [-0.4, -0.2) is 32.7 Å². The molecule has 0 radical (unpaired) electrons. The number of alkyl halides is 3. The van der Waals surface area contributed by atoms with Gasteiger partial charge in [0.15, 0.2) is 22.6 Å². The minimum absolute atomic E-state index is 0.0449. The average molecular weight is 556 g/mol. The predicted octanol–water partition coefficient (Wildman–Crippen LogP) is 6.09. The van der Waals surface area contributed by atoms with E-state index in [4.69, 9.17) is 24.6 Å². The molecule has 8 nitrogen and oxygen atoms in total. The standard InChI is InChI=1S/C29H32F3N5O3/c1-28(2,39-16-18-8-11-20(12-9-18)29(30,31)32)27-35-24-25(33)34-17-37(26(24)36-27)15-19-10-13-22(38-3)23(14-19)40-21-6-4-5-7-21/h8-14,17,21,33H,4-7,15-16H2,1-3H3,(H,35,36). The van der Waals surface area contributed by atoms with Gasteiger partial charge in [0.05, 0.1) is 38.3 Å². The van der Waals surface area contributed by atoms with E-state index in [0.29, 0.717) is 40.6 Å². The van der Waals surface area contributed by atoms with Crippen LogP contribution in [0.1, 0.15) is 62.0 Å². The van der Waals surface area contributed by atoms with E-state index in [1.165, 1.54) is 12.1 Å². The normalized spacial score (nSPS) is 14.7. The van der Waals surface area contributed by atoms with Gasteiger partial charge in [-0.05, 0) is 74.9 Å². The lowest BCUT2D eigenvalue weighted by molar-refractivity contribution is -0.137. The number of H-pyrrole nitrogens is 1. The van der Waals surface area contributed by atoms with Gasteiger partial charge in [0, 0.05) is 0 Å². The average Bonchev–Trinajstić information content (AvgIpc) is 3.61. The highest BCUT2D eigenvalue weighted by Crippen LogP contribution is 2.33. The van der Waals surface area contributed by atoms with Crippen LogP contribution in [0.3, 0.4) is 0 Å². The van der Waals surface area contributed by atoms with Gasteiger partial charge in [0.25, 0.3) is 0 Å². The first-order valence-electron chi connectivity index (χ1n) is 13.2. The Morgan fingerprint density at radius 3 is 2.40 bits per heavy atom. The quantitative estimate of drug-likeness (QED) is 0.261. The van der Waals surface area contributed by atoms with E-state index in [1.807, 2.05) is 36.6 Å². The van der Waals surface area contributed by atoms with E-state index in [9.17, 15) is 13.2 Å². The zero-order valence-corrected chi connectivity index (χ0v) is 22.6. The minimum Gasteiger partial charge on any atom is -0.493 e. The van der Waals surface area contributed by atoms with Crippen LogP contribution in [0.2, 0.25) is 0 Å². The highest BCUT2D eigenvalue weighted by molar-refractivity contribution is 5.69. The van der Waals surface area contributed by atoms with Crippen molar-refractivity contribution in [2.45, 2.75) is 70.6 Å². The van der Waals surface area contributed by atoms with E-state index in [1.54, 1.807) is 13.4 Å². The molecule has 1 aliphatic carbocycles. The number of imidazole rings is 1. The lowest BCUT2D eigenvalue weighted by atomic mass is 10.1. The summed E-state index contributed by atoms with van der Waals surface area (Å²) in [6.45, 7) is 4.15. The van der Waals surface area contributed by atoms with E-state index in [0.717, 1.165) is 43.4 Å². The Morgan fingerprint density at radius 1 is 1.02 bits per heavy atom. The summed E-state index contributed by atoms with van der Waals surface area (Å²) in [6.07, 6.45) is 1.77. The first kappa shape index (κ1) is 27.7. The molecular formula is C29H32F3N5O3. The number of hydrogen-bond acceptors (Lipinski definition) is 6. The summed E-state index contributed by atoms with van der Waals surface area (Å²) < 4.78 is 58.3. The molecule has 0 spiro atoms. The molecule has 0 saturated heterocycles. The van der Waals surface area contributed by atoms with Crippen LogP contribution in [0.15, 0.2) is 48.8 Å². The Hall–Kier alpha value is -3.86. The molecule has 0 aliphatic heterocycles. The van der Waals surface area contributed by atoms with Crippen LogP contribution >= 0.6 is 0 Å². The van der Waals surface area contributed by atoms with Crippen LogP contribution < -0.4 is 15.0 Å². The zero-order valence-electron chi connectivity index (χ0n) is 22.6. The van der Waals surface area contributed by atoms with Crippen LogP contribution in [0, 0.1) is 5.41 Å². The Balaban J connectivity index is 1.37. The molecule has 5 rings (SSSR count). The number of halogens is 3. The second-order valence-corrected chi connectivity index (χ2v) is 10.5. The summed E-state index contributed by atoms with van der Waals surface area (Å²) in [5, 5.41) is 8.31. The topological polar surface area (TPSA) is 98.0 Å². The molecule has 0 bridgehead atoms. The minimum atomic E-state index is -4.39. The molecule has 40 heavy (non-hydrogen) atoms. The van der Waals surface area contributed by atoms with E-state index >= 15 is 0 Å². The Morgan fingerprint density at radius 2 is 1.73 bits per heavy atom. The molecule has 4 aromatic rings. The van der Waals surface area contributed by atoms with Crippen molar-refractivity contribution in [2.75, 3.05) is 7.11 Å². The number of aromatic amines is 1. The predicted molar refractivity (Wildman–Crippen MR) is 142 cm³/mol. The number of nitrogens with zero attached hydrogens (tertiary/aromatic N) is 3. The van der Waals surface area contributed by atoms with Crippen molar-refractivity contribution < 1.29 is 27.4 Å². The highest BCUT2D eigenvalue weighted by Gasteiger charge is 2.30. The molecule has 0 atom stereocenters. The summed E-state index contributed by atoms with van der Waals surface area (Å²) in [5.41, 5.74) is 0.974. The summed E-state index contributed by atoms with van der Waals surface area (Å²) in [5.74, 6) is 1.86. The third kappa shape index (κ3) is 5.99. The number of aromatic nitrogens is 4. The van der Waals surface area contributed by atoms with Gasteiger partial charge >= 0.3 is 6.18 Å². The molecule has 2 N–H and O–H groups in total. The summed E-state index contributed by atoms with van der Waals surface area (Å²) in [6, 6.07) is 10.7. The lowest BCUT2D eigenvalue weighted by Crippen LogP contribution is -2.23. The second kappa shape index (κ2) is 11.0. The molecule has 1 fully saturated rings. The zero-order chi connectivity index (χ0) is 28.5. The lowest BCUT2D eigenvalue weighted by Gasteiger charge is -2.23. The molecule has 1 saturated carbocycles. The van der Waals surface area contributed by atoms with Crippen molar-refractivity contribution >= 4 is 11.2 Å². The van der Waals surface area contributed by atoms with Gasteiger partial charge in [0.1, 0.15) is 16.9 Å². The number of methoxy groups -OCH3 is 1. The smallest absolute Gasteiger partial charge is 0.416 e. The molecule has 0 amide bonds. The van der Waals surface area contributed by atoms with Crippen LogP contribution in [-0.2, 0) is 29.7 Å². The van der Waals surface area contributed by atoms with Crippen LogP contribution in [0.5, 0.6) is 11.5 Å². The fourth-order valence-corrected chi connectivity index (χ4v) is 4.80. The summed E-state index contributed by atoms with van der Waals surface area (Å²) >= 11 is 0. The van der Waals surface area contributed by atoms with Gasteiger partial charge < -0.3 is 23.8 Å². The van der Waals surface area contributed by atoms with Gasteiger partial charge in [-0.15, -0.1) is 0 Å². The van der Waals surface area contributed by atoms with Crippen molar-refractivity contribution in [1.29, 1.82) is 5.41 Å². The second-order valence-electron chi connectivity index (χ2n) is 10.5. The third-order valence-electron chi connectivity index (χ3n) is 7.15. The molecular weight excluding hydrogens is 523 g/mol. The number of nitrogens with one attached hydrogen (secondary N) is 2. The first-order chi connectivity index (χ1) is 19.0. The number of fused-ring (bicyclic) bond motifs is 1.